The molecule has 2 aliphatic heterocycles. The van der Waals surface area contributed by atoms with Crippen molar-refractivity contribution in [2.75, 3.05) is 37.9 Å². The van der Waals surface area contributed by atoms with Gasteiger partial charge in [0.15, 0.2) is 17.3 Å². The van der Waals surface area contributed by atoms with E-state index in [9.17, 15) is 4.79 Å². The third kappa shape index (κ3) is 5.12. The summed E-state index contributed by atoms with van der Waals surface area (Å²) < 4.78 is 10.8. The number of carbonyl (C=O) groups is 1. The van der Waals surface area contributed by atoms with Crippen molar-refractivity contribution in [3.63, 3.8) is 0 Å². The van der Waals surface area contributed by atoms with Gasteiger partial charge in [0.2, 0.25) is 12.7 Å². The van der Waals surface area contributed by atoms with Crippen molar-refractivity contribution in [2.45, 2.75) is 30.4 Å². The molecular formula is C26H28N4O3S. The number of amides is 1. The summed E-state index contributed by atoms with van der Waals surface area (Å²) in [4.78, 5) is 18.2. The second kappa shape index (κ2) is 9.93. The number of fused-ring (bicyclic) bond motifs is 1. The lowest BCUT2D eigenvalue weighted by Crippen LogP contribution is -2.49. The van der Waals surface area contributed by atoms with Crippen molar-refractivity contribution in [1.82, 2.24) is 15.1 Å². The molecule has 0 spiro atoms. The van der Waals surface area contributed by atoms with Gasteiger partial charge in [0, 0.05) is 41.9 Å². The van der Waals surface area contributed by atoms with E-state index in [2.05, 4.69) is 53.2 Å². The van der Waals surface area contributed by atoms with Crippen LogP contribution in [-0.2, 0) is 11.2 Å². The Bertz CT molecular complexity index is 1140. The molecule has 176 valence electrons. The summed E-state index contributed by atoms with van der Waals surface area (Å²) in [7, 11) is 0. The van der Waals surface area contributed by atoms with Crippen LogP contribution >= 0.6 is 11.8 Å². The number of ether oxygens (including phenoxy) is 2. The van der Waals surface area contributed by atoms with Gasteiger partial charge in [-0.1, -0.05) is 26.0 Å². The van der Waals surface area contributed by atoms with Gasteiger partial charge in [-0.15, -0.1) is 22.0 Å². The minimum absolute atomic E-state index is 0.174. The second-order valence-electron chi connectivity index (χ2n) is 8.70. The molecule has 7 nitrogen and oxygen atoms in total. The summed E-state index contributed by atoms with van der Waals surface area (Å²) in [5.74, 6) is 2.49. The molecule has 3 aromatic rings. The Morgan fingerprint density at radius 3 is 2.41 bits per heavy atom. The molecule has 0 radical (unpaired) electrons. The Balaban J connectivity index is 1.15. The molecule has 1 aromatic heterocycles. The van der Waals surface area contributed by atoms with Gasteiger partial charge in [0.05, 0.1) is 12.1 Å². The first-order valence-electron chi connectivity index (χ1n) is 11.6. The maximum absolute atomic E-state index is 12.8. The molecule has 0 aliphatic carbocycles. The highest BCUT2D eigenvalue weighted by atomic mass is 32.2. The minimum atomic E-state index is 0.174. The van der Waals surface area contributed by atoms with Crippen LogP contribution in [0.1, 0.15) is 19.4 Å². The van der Waals surface area contributed by atoms with Gasteiger partial charge < -0.3 is 19.3 Å². The predicted octanol–water partition coefficient (Wildman–Crippen LogP) is 4.26. The van der Waals surface area contributed by atoms with Crippen LogP contribution in [0.5, 0.6) is 11.5 Å². The maximum Gasteiger partial charge on any atom is 0.231 e. The average molecular weight is 477 g/mol. The zero-order valence-electron chi connectivity index (χ0n) is 19.4. The molecule has 0 saturated carbocycles. The van der Waals surface area contributed by atoms with Crippen molar-refractivity contribution in [3.8, 4) is 22.8 Å². The Morgan fingerprint density at radius 2 is 1.71 bits per heavy atom. The van der Waals surface area contributed by atoms with E-state index in [0.29, 0.717) is 24.8 Å². The van der Waals surface area contributed by atoms with Crippen LogP contribution in [-0.4, -0.2) is 59.2 Å². The van der Waals surface area contributed by atoms with E-state index in [1.54, 1.807) is 0 Å². The molecule has 5 rings (SSSR count). The zero-order chi connectivity index (χ0) is 23.5. The summed E-state index contributed by atoms with van der Waals surface area (Å²) in [5, 5.41) is 9.40. The van der Waals surface area contributed by atoms with Crippen molar-refractivity contribution < 1.29 is 14.3 Å². The third-order valence-corrected chi connectivity index (χ3v) is 6.94. The molecule has 2 aliphatic rings. The first-order valence-corrected chi connectivity index (χ1v) is 12.5. The number of benzene rings is 2. The lowest BCUT2D eigenvalue weighted by Gasteiger charge is -2.35. The third-order valence-electron chi connectivity index (χ3n) is 5.93. The van der Waals surface area contributed by atoms with E-state index < -0.39 is 0 Å². The number of hydrogen-bond donors (Lipinski definition) is 0. The summed E-state index contributed by atoms with van der Waals surface area (Å²) in [5.41, 5.74) is 2.79. The van der Waals surface area contributed by atoms with E-state index in [4.69, 9.17) is 9.47 Å². The summed E-state index contributed by atoms with van der Waals surface area (Å²) in [6.07, 6.45) is 0.441. The molecule has 0 atom stereocenters. The Hall–Kier alpha value is -3.26. The Kier molecular flexibility index (Phi) is 6.58. The highest BCUT2D eigenvalue weighted by molar-refractivity contribution is 7.99. The first kappa shape index (κ1) is 22.5. The summed E-state index contributed by atoms with van der Waals surface area (Å²) >= 11 is 1.83. The van der Waals surface area contributed by atoms with Crippen LogP contribution in [0.3, 0.4) is 0 Å². The number of nitrogens with zero attached hydrogens (tertiary/aromatic N) is 4. The molecule has 2 aromatic carbocycles. The van der Waals surface area contributed by atoms with Crippen LogP contribution in [0, 0.1) is 0 Å². The zero-order valence-corrected chi connectivity index (χ0v) is 20.3. The molecule has 0 N–H and O–H groups in total. The number of piperazine rings is 1. The molecule has 0 bridgehead atoms. The monoisotopic (exact) mass is 476 g/mol. The van der Waals surface area contributed by atoms with Gasteiger partial charge in [-0.25, -0.2) is 0 Å². The predicted molar refractivity (Wildman–Crippen MR) is 134 cm³/mol. The highest BCUT2D eigenvalue weighted by Crippen LogP contribution is 2.35. The number of thioether (sulfide) groups is 1. The van der Waals surface area contributed by atoms with Crippen molar-refractivity contribution in [1.29, 1.82) is 0 Å². The van der Waals surface area contributed by atoms with Crippen LogP contribution in [0.15, 0.2) is 59.5 Å². The van der Waals surface area contributed by atoms with Gasteiger partial charge in [0.25, 0.3) is 0 Å². The van der Waals surface area contributed by atoms with Gasteiger partial charge in [-0.05, 0) is 48.0 Å². The lowest BCUT2D eigenvalue weighted by atomic mass is 10.1. The number of carbonyl (C=O) groups excluding carboxylic acids is 1. The molecule has 34 heavy (non-hydrogen) atoms. The van der Waals surface area contributed by atoms with Crippen LogP contribution in [0.4, 0.5) is 5.82 Å². The van der Waals surface area contributed by atoms with Crippen LogP contribution < -0.4 is 14.4 Å². The molecule has 0 unspecified atom stereocenters. The number of anilines is 1. The summed E-state index contributed by atoms with van der Waals surface area (Å²) in [6.45, 7) is 7.47. The highest BCUT2D eigenvalue weighted by Gasteiger charge is 2.22. The van der Waals surface area contributed by atoms with E-state index in [1.165, 1.54) is 4.90 Å². The SMILES string of the molecule is CC(C)Sc1ccc(CC(=O)N2CCN(c3ccc(-c4ccc5c(c4)OCO5)nn3)CC2)cc1. The van der Waals surface area contributed by atoms with Crippen molar-refractivity contribution in [3.05, 3.63) is 60.2 Å². The van der Waals surface area contributed by atoms with E-state index in [-0.39, 0.29) is 12.7 Å². The quantitative estimate of drug-likeness (QED) is 0.492. The fraction of sp³-hybridized carbons (Fsp3) is 0.346. The van der Waals surface area contributed by atoms with Crippen LogP contribution in [0.25, 0.3) is 11.3 Å². The van der Waals surface area contributed by atoms with Crippen molar-refractivity contribution in [2.24, 2.45) is 0 Å². The lowest BCUT2D eigenvalue weighted by molar-refractivity contribution is -0.130. The topological polar surface area (TPSA) is 67.8 Å². The normalized spacial score (nSPS) is 15.1. The largest absolute Gasteiger partial charge is 0.454 e. The summed E-state index contributed by atoms with van der Waals surface area (Å²) in [6, 6.07) is 18.1. The Morgan fingerprint density at radius 1 is 0.941 bits per heavy atom. The maximum atomic E-state index is 12.8. The second-order valence-corrected chi connectivity index (χ2v) is 10.3. The molecular weight excluding hydrogens is 448 g/mol. The van der Waals surface area contributed by atoms with Gasteiger partial charge in [0.1, 0.15) is 0 Å². The van der Waals surface area contributed by atoms with E-state index in [1.807, 2.05) is 47.0 Å². The molecule has 1 fully saturated rings. The molecule has 8 heteroatoms. The van der Waals surface area contributed by atoms with Crippen LogP contribution in [0.2, 0.25) is 0 Å². The van der Waals surface area contributed by atoms with Gasteiger partial charge >= 0.3 is 0 Å². The Labute approximate surface area is 204 Å². The smallest absolute Gasteiger partial charge is 0.231 e. The number of aromatic nitrogens is 2. The standard InChI is InChI=1S/C26H28N4O3S/c1-18(2)34-21-6-3-19(4-7-21)15-26(31)30-13-11-29(12-14-30)25-10-8-22(27-28-25)20-5-9-23-24(16-20)33-17-32-23/h3-10,16,18H,11-15,17H2,1-2H3. The molecule has 1 amide bonds. The first-order chi connectivity index (χ1) is 16.5. The average Bonchev–Trinajstić information content (AvgIpc) is 3.33. The van der Waals surface area contributed by atoms with Crippen molar-refractivity contribution >= 4 is 23.5 Å². The number of hydrogen-bond acceptors (Lipinski definition) is 7. The fourth-order valence-corrected chi connectivity index (χ4v) is 4.97. The molecule has 3 heterocycles. The van der Waals surface area contributed by atoms with Gasteiger partial charge in [-0.3, -0.25) is 4.79 Å². The van der Waals surface area contributed by atoms with E-state index >= 15 is 0 Å². The van der Waals surface area contributed by atoms with Gasteiger partial charge in [-0.2, -0.15) is 0 Å². The van der Waals surface area contributed by atoms with E-state index in [0.717, 1.165) is 47.2 Å². The molecule has 1 saturated heterocycles. The number of rotatable bonds is 6. The minimum Gasteiger partial charge on any atom is -0.454 e. The fourth-order valence-electron chi connectivity index (χ4n) is 4.13.